The molecule has 0 radical (unpaired) electrons. The quantitative estimate of drug-likeness (QED) is 0.722. The summed E-state index contributed by atoms with van der Waals surface area (Å²) in [6.45, 7) is 0.341. The van der Waals surface area contributed by atoms with Crippen LogP contribution in [0.15, 0.2) is 30.3 Å². The van der Waals surface area contributed by atoms with Crippen LogP contribution in [0.3, 0.4) is 0 Å². The van der Waals surface area contributed by atoms with Gasteiger partial charge in [-0.05, 0) is 30.2 Å². The van der Waals surface area contributed by atoms with E-state index in [9.17, 15) is 0 Å². The zero-order chi connectivity index (χ0) is 8.39. The molecule has 1 aromatic rings. The third-order valence-corrected chi connectivity index (χ3v) is 2.65. The number of benzene rings is 1. The molecule has 1 N–H and O–H groups in total. The van der Waals surface area contributed by atoms with Gasteiger partial charge in [-0.2, -0.15) is 0 Å². The molecule has 0 heterocycles. The van der Waals surface area contributed by atoms with Crippen LogP contribution >= 0.6 is 0 Å². The molecule has 0 amide bonds. The normalized spacial score (nSPS) is 27.1. The Kier molecular flexibility index (Phi) is 2.13. The van der Waals surface area contributed by atoms with Gasteiger partial charge < -0.3 is 5.11 Å². The largest absolute Gasteiger partial charge is 0.396 e. The molecule has 0 aromatic heterocycles. The molecule has 0 spiro atoms. The summed E-state index contributed by atoms with van der Waals surface area (Å²) in [4.78, 5) is 0. The number of rotatable bonds is 3. The van der Waals surface area contributed by atoms with Gasteiger partial charge in [-0.1, -0.05) is 30.3 Å². The molecule has 1 aliphatic carbocycles. The monoisotopic (exact) mass is 162 g/mol. The minimum absolute atomic E-state index is 0.341. The molecule has 12 heavy (non-hydrogen) atoms. The smallest absolute Gasteiger partial charge is 0.0433 e. The van der Waals surface area contributed by atoms with E-state index in [1.54, 1.807) is 0 Å². The zero-order valence-corrected chi connectivity index (χ0v) is 7.11. The lowest BCUT2D eigenvalue weighted by Gasteiger charge is -1.97. The molecule has 2 rings (SSSR count). The van der Waals surface area contributed by atoms with E-state index in [2.05, 4.69) is 24.3 Å². The van der Waals surface area contributed by atoms with Gasteiger partial charge in [-0.3, -0.25) is 0 Å². The minimum Gasteiger partial charge on any atom is -0.396 e. The van der Waals surface area contributed by atoms with Crippen molar-refractivity contribution < 1.29 is 5.11 Å². The summed E-state index contributed by atoms with van der Waals surface area (Å²) in [5, 5.41) is 8.74. The summed E-state index contributed by atoms with van der Waals surface area (Å²) in [7, 11) is 0. The molecule has 1 aromatic carbocycles. The second kappa shape index (κ2) is 3.28. The number of hydrogen-bond donors (Lipinski definition) is 1. The summed E-state index contributed by atoms with van der Waals surface area (Å²) < 4.78 is 0. The van der Waals surface area contributed by atoms with Crippen LogP contribution in [-0.2, 0) is 0 Å². The van der Waals surface area contributed by atoms with Gasteiger partial charge in [0.05, 0.1) is 0 Å². The SMILES string of the molecule is OCC[C@@H]1C[C@H]1c1ccccc1. The van der Waals surface area contributed by atoms with E-state index >= 15 is 0 Å². The predicted octanol–water partition coefficient (Wildman–Crippen LogP) is 2.17. The van der Waals surface area contributed by atoms with Crippen LogP contribution in [0.5, 0.6) is 0 Å². The van der Waals surface area contributed by atoms with Crippen molar-refractivity contribution in [2.75, 3.05) is 6.61 Å². The number of aliphatic hydroxyl groups excluding tert-OH is 1. The fourth-order valence-corrected chi connectivity index (χ4v) is 1.84. The Balaban J connectivity index is 1.97. The van der Waals surface area contributed by atoms with Crippen molar-refractivity contribution in [2.45, 2.75) is 18.8 Å². The van der Waals surface area contributed by atoms with Crippen molar-refractivity contribution in [1.82, 2.24) is 0 Å². The number of aliphatic hydroxyl groups is 1. The summed E-state index contributed by atoms with van der Waals surface area (Å²) in [5.74, 6) is 1.48. The first kappa shape index (κ1) is 7.81. The Morgan fingerprint density at radius 3 is 2.67 bits per heavy atom. The Morgan fingerprint density at radius 2 is 2.00 bits per heavy atom. The Labute approximate surface area is 73.0 Å². The Morgan fingerprint density at radius 1 is 1.25 bits per heavy atom. The average Bonchev–Trinajstić information content (AvgIpc) is 2.87. The van der Waals surface area contributed by atoms with Crippen molar-refractivity contribution >= 4 is 0 Å². The van der Waals surface area contributed by atoms with Crippen molar-refractivity contribution in [3.63, 3.8) is 0 Å². The van der Waals surface area contributed by atoms with E-state index in [-0.39, 0.29) is 0 Å². The second-order valence-electron chi connectivity index (χ2n) is 3.53. The second-order valence-corrected chi connectivity index (χ2v) is 3.53. The molecule has 1 heteroatoms. The molecule has 1 nitrogen and oxygen atoms in total. The molecule has 2 atom stereocenters. The van der Waals surface area contributed by atoms with Gasteiger partial charge in [0, 0.05) is 6.61 Å². The van der Waals surface area contributed by atoms with E-state index in [0.29, 0.717) is 6.61 Å². The molecule has 0 bridgehead atoms. The lowest BCUT2D eigenvalue weighted by molar-refractivity contribution is 0.279. The van der Waals surface area contributed by atoms with Crippen LogP contribution in [0.25, 0.3) is 0 Å². The van der Waals surface area contributed by atoms with Gasteiger partial charge in [0.2, 0.25) is 0 Å². The predicted molar refractivity (Wildman–Crippen MR) is 49.0 cm³/mol. The molecular formula is C11H14O. The van der Waals surface area contributed by atoms with Crippen LogP contribution < -0.4 is 0 Å². The first-order valence-corrected chi connectivity index (χ1v) is 4.57. The van der Waals surface area contributed by atoms with Gasteiger partial charge in [0.25, 0.3) is 0 Å². The highest BCUT2D eigenvalue weighted by molar-refractivity contribution is 5.25. The van der Waals surface area contributed by atoms with Crippen LogP contribution in [0.1, 0.15) is 24.3 Å². The van der Waals surface area contributed by atoms with Gasteiger partial charge in [0.1, 0.15) is 0 Å². The number of hydrogen-bond acceptors (Lipinski definition) is 1. The van der Waals surface area contributed by atoms with Crippen LogP contribution in [-0.4, -0.2) is 11.7 Å². The highest BCUT2D eigenvalue weighted by Crippen LogP contribution is 2.49. The fourth-order valence-electron chi connectivity index (χ4n) is 1.84. The first-order valence-electron chi connectivity index (χ1n) is 4.57. The standard InChI is InChI=1S/C11H14O/c12-7-6-10-8-11(10)9-4-2-1-3-5-9/h1-5,10-12H,6-8H2/t10-,11+/m1/s1. The fraction of sp³-hybridized carbons (Fsp3) is 0.455. The van der Waals surface area contributed by atoms with Gasteiger partial charge >= 0.3 is 0 Å². The first-order chi connectivity index (χ1) is 5.92. The molecule has 1 fully saturated rings. The molecule has 0 saturated heterocycles. The van der Waals surface area contributed by atoms with Crippen molar-refractivity contribution in [1.29, 1.82) is 0 Å². The maximum atomic E-state index is 8.74. The summed E-state index contributed by atoms with van der Waals surface area (Å²) in [5.41, 5.74) is 1.44. The highest BCUT2D eigenvalue weighted by Gasteiger charge is 2.36. The van der Waals surface area contributed by atoms with E-state index in [4.69, 9.17) is 5.11 Å². The third kappa shape index (κ3) is 1.51. The molecule has 1 aliphatic rings. The minimum atomic E-state index is 0.341. The lowest BCUT2D eigenvalue weighted by atomic mass is 10.1. The van der Waals surface area contributed by atoms with Gasteiger partial charge in [-0.15, -0.1) is 0 Å². The van der Waals surface area contributed by atoms with Crippen LogP contribution in [0.2, 0.25) is 0 Å². The van der Waals surface area contributed by atoms with Crippen molar-refractivity contribution in [3.05, 3.63) is 35.9 Å². The average molecular weight is 162 g/mol. The van der Waals surface area contributed by atoms with Crippen LogP contribution in [0, 0.1) is 5.92 Å². The third-order valence-electron chi connectivity index (χ3n) is 2.65. The van der Waals surface area contributed by atoms with E-state index < -0.39 is 0 Å². The molecular weight excluding hydrogens is 148 g/mol. The maximum absolute atomic E-state index is 8.74. The van der Waals surface area contributed by atoms with Crippen LogP contribution in [0.4, 0.5) is 0 Å². The molecule has 64 valence electrons. The molecule has 1 saturated carbocycles. The van der Waals surface area contributed by atoms with E-state index in [0.717, 1.165) is 18.3 Å². The Bertz CT molecular complexity index is 242. The summed E-state index contributed by atoms with van der Waals surface area (Å²) in [6.07, 6.45) is 2.24. The van der Waals surface area contributed by atoms with E-state index in [1.807, 2.05) is 6.07 Å². The topological polar surface area (TPSA) is 20.2 Å². The zero-order valence-electron chi connectivity index (χ0n) is 7.11. The van der Waals surface area contributed by atoms with E-state index in [1.165, 1.54) is 12.0 Å². The van der Waals surface area contributed by atoms with Gasteiger partial charge in [0.15, 0.2) is 0 Å². The molecule has 0 aliphatic heterocycles. The van der Waals surface area contributed by atoms with Gasteiger partial charge in [-0.25, -0.2) is 0 Å². The lowest BCUT2D eigenvalue weighted by Crippen LogP contribution is -1.87. The summed E-state index contributed by atoms with van der Waals surface area (Å²) in [6, 6.07) is 10.6. The maximum Gasteiger partial charge on any atom is 0.0433 e. The Hall–Kier alpha value is -0.820. The summed E-state index contributed by atoms with van der Waals surface area (Å²) >= 11 is 0. The van der Waals surface area contributed by atoms with Crippen molar-refractivity contribution in [3.8, 4) is 0 Å². The molecule has 0 unspecified atom stereocenters. The van der Waals surface area contributed by atoms with Crippen molar-refractivity contribution in [2.24, 2.45) is 5.92 Å². The highest BCUT2D eigenvalue weighted by atomic mass is 16.3.